The first kappa shape index (κ1) is 69.4. The smallest absolute Gasteiger partial charge is 0.220 e. The Morgan fingerprint density at radius 1 is 0.452 bits per heavy atom. The molecule has 0 aliphatic carbocycles. The second-order valence-corrected chi connectivity index (χ2v) is 22.2. The molecule has 9 heteroatoms. The van der Waals surface area contributed by atoms with Crippen LogP contribution in [0.15, 0.2) is 36.5 Å². The molecule has 1 aliphatic heterocycles. The molecule has 7 atom stereocenters. The number of ether oxygens (including phenoxy) is 2. The number of nitrogens with one attached hydrogen (secondary N) is 1. The van der Waals surface area contributed by atoms with Crippen LogP contribution in [0, 0.1) is 0 Å². The van der Waals surface area contributed by atoms with Crippen molar-refractivity contribution in [3.05, 3.63) is 36.5 Å². The minimum Gasteiger partial charge on any atom is -0.394 e. The van der Waals surface area contributed by atoms with E-state index < -0.39 is 49.5 Å². The molecular weight excluding hydrogens is 911 g/mol. The zero-order valence-corrected chi connectivity index (χ0v) is 47.9. The van der Waals surface area contributed by atoms with Gasteiger partial charge >= 0.3 is 0 Å². The average Bonchev–Trinajstić information content (AvgIpc) is 3.39. The van der Waals surface area contributed by atoms with E-state index in [1.807, 2.05) is 6.08 Å². The molecular formula is C64H121NO8. The van der Waals surface area contributed by atoms with Crippen LogP contribution in [0.3, 0.4) is 0 Å². The van der Waals surface area contributed by atoms with Gasteiger partial charge in [-0.15, -0.1) is 0 Å². The van der Waals surface area contributed by atoms with Crippen molar-refractivity contribution >= 4 is 5.91 Å². The van der Waals surface area contributed by atoms with Crippen molar-refractivity contribution in [2.75, 3.05) is 13.2 Å². The van der Waals surface area contributed by atoms with Crippen LogP contribution in [0.5, 0.6) is 0 Å². The number of aliphatic hydroxyl groups excluding tert-OH is 5. The monoisotopic (exact) mass is 1030 g/mol. The zero-order chi connectivity index (χ0) is 52.9. The largest absolute Gasteiger partial charge is 0.394 e. The highest BCUT2D eigenvalue weighted by atomic mass is 16.7. The lowest BCUT2D eigenvalue weighted by atomic mass is 9.99. The Kier molecular flexibility index (Phi) is 51.2. The van der Waals surface area contributed by atoms with Gasteiger partial charge in [0.25, 0.3) is 0 Å². The topological polar surface area (TPSA) is 149 Å². The summed E-state index contributed by atoms with van der Waals surface area (Å²) in [5.41, 5.74) is 0. The standard InChI is InChI=1S/C64H121NO8/c1-3-5-7-9-11-13-15-17-19-21-23-24-25-26-27-28-29-30-31-32-33-34-36-38-40-42-44-46-48-50-52-54-60(68)65-57(56-72-64-63(71)62(70)61(69)59(55-66)73-64)58(67)53-51-49-47-45-43-41-39-37-35-22-20-18-16-14-12-10-8-6-4-2/h21,23,43,45,51,53,57-59,61-64,66-67,69-71H,3-20,22,24-42,44,46-50,52,54-56H2,1-2H3,(H,65,68)/b23-21-,45-43+,53-51+. The van der Waals surface area contributed by atoms with E-state index in [0.29, 0.717) is 6.42 Å². The van der Waals surface area contributed by atoms with Gasteiger partial charge in [0.05, 0.1) is 25.4 Å². The molecule has 1 saturated heterocycles. The first-order valence-corrected chi connectivity index (χ1v) is 31.7. The van der Waals surface area contributed by atoms with Crippen molar-refractivity contribution in [2.45, 2.75) is 352 Å². The molecule has 1 aliphatic rings. The summed E-state index contributed by atoms with van der Waals surface area (Å²) in [6.07, 6.45) is 63.8. The molecule has 6 N–H and O–H groups in total. The zero-order valence-electron chi connectivity index (χ0n) is 47.9. The first-order chi connectivity index (χ1) is 35.8. The third-order valence-corrected chi connectivity index (χ3v) is 15.2. The van der Waals surface area contributed by atoms with E-state index in [9.17, 15) is 30.3 Å². The molecule has 0 aromatic rings. The van der Waals surface area contributed by atoms with E-state index in [-0.39, 0.29) is 12.5 Å². The Morgan fingerprint density at radius 3 is 1.15 bits per heavy atom. The molecule has 430 valence electrons. The van der Waals surface area contributed by atoms with Crippen molar-refractivity contribution in [3.8, 4) is 0 Å². The summed E-state index contributed by atoms with van der Waals surface area (Å²) < 4.78 is 11.3. The molecule has 0 bridgehead atoms. The highest BCUT2D eigenvalue weighted by molar-refractivity contribution is 5.76. The normalized spacial score (nSPS) is 19.2. The van der Waals surface area contributed by atoms with Gasteiger partial charge in [0, 0.05) is 6.42 Å². The van der Waals surface area contributed by atoms with Crippen LogP contribution in [0.4, 0.5) is 0 Å². The van der Waals surface area contributed by atoms with Crippen molar-refractivity contribution in [1.29, 1.82) is 0 Å². The maximum atomic E-state index is 13.1. The van der Waals surface area contributed by atoms with Crippen LogP contribution in [0.25, 0.3) is 0 Å². The van der Waals surface area contributed by atoms with Crippen LogP contribution < -0.4 is 5.32 Å². The lowest BCUT2D eigenvalue weighted by molar-refractivity contribution is -0.302. The average molecular weight is 1030 g/mol. The van der Waals surface area contributed by atoms with Crippen molar-refractivity contribution in [2.24, 2.45) is 0 Å². The van der Waals surface area contributed by atoms with Gasteiger partial charge in [-0.1, -0.05) is 281 Å². The second-order valence-electron chi connectivity index (χ2n) is 22.2. The van der Waals surface area contributed by atoms with Crippen molar-refractivity contribution in [3.63, 3.8) is 0 Å². The third kappa shape index (κ3) is 43.1. The molecule has 0 aromatic carbocycles. The van der Waals surface area contributed by atoms with Gasteiger partial charge in [-0.05, 0) is 57.8 Å². The lowest BCUT2D eigenvalue weighted by Gasteiger charge is -2.40. The minimum atomic E-state index is -1.57. The first-order valence-electron chi connectivity index (χ1n) is 31.7. The third-order valence-electron chi connectivity index (χ3n) is 15.2. The molecule has 9 nitrogen and oxygen atoms in total. The molecule has 1 rings (SSSR count). The van der Waals surface area contributed by atoms with E-state index in [1.54, 1.807) is 6.08 Å². The van der Waals surface area contributed by atoms with Crippen LogP contribution in [0.2, 0.25) is 0 Å². The van der Waals surface area contributed by atoms with Crippen LogP contribution in [0.1, 0.15) is 309 Å². The summed E-state index contributed by atoms with van der Waals surface area (Å²) in [5, 5.41) is 54.6. The number of aliphatic hydroxyl groups is 5. The maximum Gasteiger partial charge on any atom is 0.220 e. The number of rotatable bonds is 55. The molecule has 1 amide bonds. The predicted octanol–water partition coefficient (Wildman–Crippen LogP) is 16.3. The molecule has 73 heavy (non-hydrogen) atoms. The van der Waals surface area contributed by atoms with Gasteiger partial charge in [0.1, 0.15) is 24.4 Å². The number of allylic oxidation sites excluding steroid dienone is 5. The summed E-state index contributed by atoms with van der Waals surface area (Å²) in [7, 11) is 0. The number of carbonyl (C=O) groups is 1. The van der Waals surface area contributed by atoms with Gasteiger partial charge in [-0.3, -0.25) is 4.79 Å². The number of hydrogen-bond acceptors (Lipinski definition) is 8. The Hall–Kier alpha value is -1.59. The summed E-state index contributed by atoms with van der Waals surface area (Å²) in [6, 6.07) is -0.820. The quantitative estimate of drug-likeness (QED) is 0.0261. The highest BCUT2D eigenvalue weighted by Gasteiger charge is 2.44. The van der Waals surface area contributed by atoms with E-state index in [1.165, 1.54) is 250 Å². The van der Waals surface area contributed by atoms with Gasteiger partial charge in [0.15, 0.2) is 6.29 Å². The number of unbranched alkanes of at least 4 members (excludes halogenated alkanes) is 41. The fraction of sp³-hybridized carbons (Fsp3) is 0.891. The van der Waals surface area contributed by atoms with Gasteiger partial charge in [-0.25, -0.2) is 0 Å². The SMILES string of the molecule is CCCCCCCCCC/C=C\CCCCCCCCCCCCCCCCCCCCCC(=O)NC(COC1OC(CO)C(O)C(O)C1O)C(O)/C=C/CC/C=C/CCCCCCCCCCCCCCC. The Bertz CT molecular complexity index is 1240. The van der Waals surface area contributed by atoms with Crippen molar-refractivity contribution in [1.82, 2.24) is 5.32 Å². The van der Waals surface area contributed by atoms with E-state index >= 15 is 0 Å². The summed E-state index contributed by atoms with van der Waals surface area (Å²) >= 11 is 0. The van der Waals surface area contributed by atoms with E-state index in [2.05, 4.69) is 43.5 Å². The van der Waals surface area contributed by atoms with Gasteiger partial charge in [0.2, 0.25) is 5.91 Å². The molecule has 1 fully saturated rings. The summed E-state index contributed by atoms with van der Waals surface area (Å²) in [5.74, 6) is -0.181. The van der Waals surface area contributed by atoms with Gasteiger partial charge < -0.3 is 40.3 Å². The molecule has 0 radical (unpaired) electrons. The number of amides is 1. The highest BCUT2D eigenvalue weighted by Crippen LogP contribution is 2.23. The Labute approximate surface area is 451 Å². The number of hydrogen-bond donors (Lipinski definition) is 6. The molecule has 0 aromatic heterocycles. The maximum absolute atomic E-state index is 13.1. The predicted molar refractivity (Wildman–Crippen MR) is 309 cm³/mol. The molecule has 1 heterocycles. The van der Waals surface area contributed by atoms with Gasteiger partial charge in [-0.2, -0.15) is 0 Å². The van der Waals surface area contributed by atoms with Crippen molar-refractivity contribution < 1.29 is 39.8 Å². The fourth-order valence-corrected chi connectivity index (χ4v) is 10.2. The van der Waals surface area contributed by atoms with Crippen LogP contribution >= 0.6 is 0 Å². The van der Waals surface area contributed by atoms with E-state index in [4.69, 9.17) is 9.47 Å². The fourth-order valence-electron chi connectivity index (χ4n) is 10.2. The Balaban J connectivity index is 2.15. The minimum absolute atomic E-state index is 0.181. The lowest BCUT2D eigenvalue weighted by Crippen LogP contribution is -2.60. The molecule has 7 unspecified atom stereocenters. The van der Waals surface area contributed by atoms with E-state index in [0.717, 1.165) is 38.5 Å². The second kappa shape index (κ2) is 53.8. The Morgan fingerprint density at radius 2 is 0.781 bits per heavy atom. The number of carbonyl (C=O) groups excluding carboxylic acids is 1. The molecule has 0 spiro atoms. The van der Waals surface area contributed by atoms with Crippen LogP contribution in [-0.2, 0) is 14.3 Å². The summed E-state index contributed by atoms with van der Waals surface area (Å²) in [4.78, 5) is 13.1. The van der Waals surface area contributed by atoms with Crippen LogP contribution in [-0.4, -0.2) is 87.5 Å². The molecule has 0 saturated carbocycles. The summed E-state index contributed by atoms with van der Waals surface area (Å²) in [6.45, 7) is 3.80.